The van der Waals surface area contributed by atoms with E-state index < -0.39 is 9.84 Å². The highest BCUT2D eigenvalue weighted by atomic mass is 32.2. The zero-order valence-electron chi connectivity index (χ0n) is 8.61. The smallest absolute Gasteiger partial charge is 0.175 e. The molecule has 0 aliphatic carbocycles. The van der Waals surface area contributed by atoms with Gasteiger partial charge >= 0.3 is 0 Å². The second-order valence-electron chi connectivity index (χ2n) is 3.27. The molecular weight excluding hydrogens is 196 g/mol. The fourth-order valence-electron chi connectivity index (χ4n) is 1.13. The van der Waals surface area contributed by atoms with Gasteiger partial charge in [0.05, 0.1) is 4.90 Å². The van der Waals surface area contributed by atoms with Crippen LogP contribution >= 0.6 is 0 Å². The molecule has 1 aromatic rings. The van der Waals surface area contributed by atoms with E-state index in [-0.39, 0.29) is 0 Å². The van der Waals surface area contributed by atoms with Crippen LogP contribution < -0.4 is 0 Å². The summed E-state index contributed by atoms with van der Waals surface area (Å²) in [5, 5.41) is 0. The number of hydrogen-bond donors (Lipinski definition) is 0. The Kier molecular flexibility index (Phi) is 3.11. The van der Waals surface area contributed by atoms with Crippen molar-refractivity contribution >= 4 is 15.4 Å². The van der Waals surface area contributed by atoms with Gasteiger partial charge in [0.2, 0.25) is 0 Å². The molecule has 0 N–H and O–H groups in total. The Morgan fingerprint density at radius 2 is 1.71 bits per heavy atom. The second-order valence-corrected chi connectivity index (χ2v) is 5.28. The molecule has 0 aliphatic rings. The largest absolute Gasteiger partial charge is 0.224 e. The zero-order valence-corrected chi connectivity index (χ0v) is 9.43. The molecule has 0 fully saturated rings. The Hall–Kier alpha value is -1.09. The van der Waals surface area contributed by atoms with Gasteiger partial charge in [-0.05, 0) is 37.1 Å². The molecule has 0 saturated heterocycles. The molecule has 0 heterocycles. The molecule has 0 radical (unpaired) electrons. The maximum Gasteiger partial charge on any atom is 0.175 e. The van der Waals surface area contributed by atoms with Crippen molar-refractivity contribution in [3.05, 3.63) is 35.9 Å². The van der Waals surface area contributed by atoms with E-state index in [1.165, 1.54) is 6.26 Å². The Morgan fingerprint density at radius 1 is 1.21 bits per heavy atom. The first-order valence-corrected chi connectivity index (χ1v) is 6.27. The van der Waals surface area contributed by atoms with Crippen molar-refractivity contribution in [2.24, 2.45) is 0 Å². The molecule has 2 nitrogen and oxygen atoms in total. The summed E-state index contributed by atoms with van der Waals surface area (Å²) in [6.07, 6.45) is 3.21. The zero-order chi connectivity index (χ0) is 10.8. The standard InChI is InChI=1S/C11H14O2S/c1-4-9(2)10-5-7-11(8-6-10)14(3,12)13/h4-8H,1-3H3/b9-4+. The Balaban J connectivity index is 3.14. The molecule has 0 aliphatic heterocycles. The summed E-state index contributed by atoms with van der Waals surface area (Å²) < 4.78 is 22.3. The highest BCUT2D eigenvalue weighted by Crippen LogP contribution is 2.16. The molecular formula is C11H14O2S. The maximum atomic E-state index is 11.2. The Bertz CT molecular complexity index is 439. The van der Waals surface area contributed by atoms with Gasteiger partial charge in [0, 0.05) is 6.26 Å². The van der Waals surface area contributed by atoms with E-state index in [2.05, 4.69) is 0 Å². The fraction of sp³-hybridized carbons (Fsp3) is 0.273. The van der Waals surface area contributed by atoms with Crippen LogP contribution in [0.15, 0.2) is 35.2 Å². The predicted octanol–water partition coefficient (Wildman–Crippen LogP) is 2.51. The normalized spacial score (nSPS) is 12.9. The Morgan fingerprint density at radius 3 is 2.07 bits per heavy atom. The van der Waals surface area contributed by atoms with E-state index in [0.717, 1.165) is 11.1 Å². The molecule has 1 rings (SSSR count). The van der Waals surface area contributed by atoms with Crippen LogP contribution in [-0.2, 0) is 9.84 Å². The van der Waals surface area contributed by atoms with Crippen LogP contribution in [0, 0.1) is 0 Å². The van der Waals surface area contributed by atoms with E-state index in [4.69, 9.17) is 0 Å². The van der Waals surface area contributed by atoms with E-state index in [1.807, 2.05) is 32.1 Å². The van der Waals surface area contributed by atoms with Crippen LogP contribution in [0.25, 0.3) is 5.57 Å². The first-order valence-electron chi connectivity index (χ1n) is 4.38. The molecule has 0 aromatic heterocycles. The molecule has 0 saturated carbocycles. The van der Waals surface area contributed by atoms with Crippen LogP contribution in [0.3, 0.4) is 0 Å². The first-order chi connectivity index (χ1) is 6.45. The minimum absolute atomic E-state index is 0.366. The highest BCUT2D eigenvalue weighted by Gasteiger charge is 2.05. The summed E-state index contributed by atoms with van der Waals surface area (Å²) in [5.74, 6) is 0. The third-order valence-electron chi connectivity index (χ3n) is 2.17. The fourth-order valence-corrected chi connectivity index (χ4v) is 1.76. The number of benzene rings is 1. The van der Waals surface area contributed by atoms with E-state index in [0.29, 0.717) is 4.90 Å². The summed E-state index contributed by atoms with van der Waals surface area (Å²) in [7, 11) is -3.07. The lowest BCUT2D eigenvalue weighted by Crippen LogP contribution is -1.96. The minimum Gasteiger partial charge on any atom is -0.224 e. The minimum atomic E-state index is -3.07. The first kappa shape index (κ1) is 11.0. The maximum absolute atomic E-state index is 11.2. The molecule has 14 heavy (non-hydrogen) atoms. The van der Waals surface area contributed by atoms with Crippen molar-refractivity contribution in [1.82, 2.24) is 0 Å². The highest BCUT2D eigenvalue weighted by molar-refractivity contribution is 7.90. The molecule has 0 bridgehead atoms. The third kappa shape index (κ3) is 2.45. The van der Waals surface area contributed by atoms with Crippen LogP contribution in [0.4, 0.5) is 0 Å². The number of rotatable bonds is 2. The molecule has 3 heteroatoms. The lowest BCUT2D eigenvalue weighted by Gasteiger charge is -2.02. The molecule has 76 valence electrons. The lowest BCUT2D eigenvalue weighted by molar-refractivity contribution is 0.602. The SMILES string of the molecule is C/C=C(\C)c1ccc(S(C)(=O)=O)cc1. The van der Waals surface area contributed by atoms with Gasteiger partial charge < -0.3 is 0 Å². The Labute approximate surface area is 85.2 Å². The van der Waals surface area contributed by atoms with Gasteiger partial charge in [-0.15, -0.1) is 0 Å². The molecule has 0 unspecified atom stereocenters. The van der Waals surface area contributed by atoms with Gasteiger partial charge in [0.1, 0.15) is 0 Å². The van der Waals surface area contributed by atoms with Crippen molar-refractivity contribution in [1.29, 1.82) is 0 Å². The van der Waals surface area contributed by atoms with Crippen LogP contribution in [0.5, 0.6) is 0 Å². The van der Waals surface area contributed by atoms with Crippen LogP contribution in [0.2, 0.25) is 0 Å². The van der Waals surface area contributed by atoms with Gasteiger partial charge in [0.25, 0.3) is 0 Å². The summed E-state index contributed by atoms with van der Waals surface area (Å²) in [5.41, 5.74) is 2.20. The number of hydrogen-bond acceptors (Lipinski definition) is 2. The van der Waals surface area contributed by atoms with Gasteiger partial charge in [0.15, 0.2) is 9.84 Å². The van der Waals surface area contributed by atoms with Crippen molar-refractivity contribution in [3.63, 3.8) is 0 Å². The van der Waals surface area contributed by atoms with Crippen molar-refractivity contribution in [2.45, 2.75) is 18.7 Å². The van der Waals surface area contributed by atoms with Gasteiger partial charge in [-0.25, -0.2) is 8.42 Å². The second kappa shape index (κ2) is 3.96. The average Bonchev–Trinajstić information content (AvgIpc) is 2.15. The monoisotopic (exact) mass is 210 g/mol. The molecule has 0 atom stereocenters. The quantitative estimate of drug-likeness (QED) is 0.751. The third-order valence-corrected chi connectivity index (χ3v) is 3.30. The molecule has 1 aromatic carbocycles. The number of sulfone groups is 1. The predicted molar refractivity (Wildman–Crippen MR) is 58.9 cm³/mol. The summed E-state index contributed by atoms with van der Waals surface area (Å²) in [6.45, 7) is 3.95. The van der Waals surface area contributed by atoms with Gasteiger partial charge in [-0.1, -0.05) is 18.2 Å². The van der Waals surface area contributed by atoms with Crippen LogP contribution in [0.1, 0.15) is 19.4 Å². The van der Waals surface area contributed by atoms with E-state index in [1.54, 1.807) is 12.1 Å². The average molecular weight is 210 g/mol. The molecule has 0 amide bonds. The summed E-state index contributed by atoms with van der Waals surface area (Å²) >= 11 is 0. The van der Waals surface area contributed by atoms with Crippen LogP contribution in [-0.4, -0.2) is 14.7 Å². The van der Waals surface area contributed by atoms with Crippen molar-refractivity contribution in [2.75, 3.05) is 6.26 Å². The van der Waals surface area contributed by atoms with Crippen molar-refractivity contribution < 1.29 is 8.42 Å². The van der Waals surface area contributed by atoms with Gasteiger partial charge in [-0.2, -0.15) is 0 Å². The summed E-state index contributed by atoms with van der Waals surface area (Å²) in [6, 6.07) is 6.92. The topological polar surface area (TPSA) is 34.1 Å². The van der Waals surface area contributed by atoms with E-state index >= 15 is 0 Å². The lowest BCUT2D eigenvalue weighted by atomic mass is 10.1. The van der Waals surface area contributed by atoms with Gasteiger partial charge in [-0.3, -0.25) is 0 Å². The molecule has 0 spiro atoms. The summed E-state index contributed by atoms with van der Waals surface area (Å²) in [4.78, 5) is 0.366. The van der Waals surface area contributed by atoms with E-state index in [9.17, 15) is 8.42 Å². The van der Waals surface area contributed by atoms with Crippen molar-refractivity contribution in [3.8, 4) is 0 Å². The number of allylic oxidation sites excluding steroid dienone is 2.